The molecule has 436 valence electrons. The molecule has 79 heavy (non-hydrogen) atoms. The number of hydrogen-bond donors (Lipinski definition) is 15. The molecule has 4 rings (SSSR count). The van der Waals surface area contributed by atoms with Gasteiger partial charge in [0.05, 0.1) is 41.5 Å². The van der Waals surface area contributed by atoms with Crippen LogP contribution in [-0.2, 0) is 47.6 Å². The Kier molecular flexibility index (Phi) is 27.9. The average molecular weight is 1160 g/mol. The van der Waals surface area contributed by atoms with Gasteiger partial charge >= 0.3 is 0 Å². The van der Waals surface area contributed by atoms with Crippen molar-refractivity contribution in [3.8, 4) is 10.7 Å². The number of nitrogens with zero attached hydrogens (tertiary/aromatic N) is 5. The first-order valence-corrected chi connectivity index (χ1v) is 29.3. The number of aliphatic hydroxyl groups is 1. The Morgan fingerprint density at radius 2 is 1.52 bits per heavy atom. The van der Waals surface area contributed by atoms with Crippen LogP contribution in [0.1, 0.15) is 101 Å². The van der Waals surface area contributed by atoms with Gasteiger partial charge in [-0.25, -0.2) is 24.9 Å². The number of carbonyl (C=O) groups is 7. The highest BCUT2D eigenvalue weighted by Gasteiger charge is 2.34. The summed E-state index contributed by atoms with van der Waals surface area (Å²) in [6.07, 6.45) is 6.50. The molecule has 0 saturated carbocycles. The quantitative estimate of drug-likeness (QED) is 0.0197. The van der Waals surface area contributed by atoms with Crippen LogP contribution in [0.5, 0.6) is 0 Å². The van der Waals surface area contributed by atoms with E-state index in [-0.39, 0.29) is 66.9 Å². The zero-order chi connectivity index (χ0) is 58.0. The van der Waals surface area contributed by atoms with E-state index in [0.29, 0.717) is 46.6 Å². The molecule has 8 atom stereocenters. The van der Waals surface area contributed by atoms with E-state index in [2.05, 4.69) is 72.4 Å². The molecule has 31 heteroatoms. The Morgan fingerprint density at radius 1 is 0.810 bits per heavy atom. The summed E-state index contributed by atoms with van der Waals surface area (Å²) >= 11 is 2.65. The molecule has 28 nitrogen and oxygen atoms in total. The fraction of sp³-hybridized carbons (Fsp3) is 0.583. The molecule has 4 aromatic heterocycles. The van der Waals surface area contributed by atoms with E-state index < -0.39 is 88.5 Å². The van der Waals surface area contributed by atoms with Crippen LogP contribution in [0.15, 0.2) is 23.3 Å². The van der Waals surface area contributed by atoms with E-state index in [9.17, 15) is 42.9 Å². The topological polar surface area (TPSA) is 463 Å². The second-order valence-electron chi connectivity index (χ2n) is 18.8. The number of unbranched alkanes of at least 4 members (excludes halogenated alkanes) is 1. The van der Waals surface area contributed by atoms with E-state index in [4.69, 9.17) is 28.7 Å². The highest BCUT2D eigenvalue weighted by Crippen LogP contribution is 2.26. The van der Waals surface area contributed by atoms with Gasteiger partial charge in [0.2, 0.25) is 29.5 Å². The number of H-pyrrole nitrogens is 1. The van der Waals surface area contributed by atoms with E-state index in [1.54, 1.807) is 5.38 Å². The van der Waals surface area contributed by atoms with Crippen LogP contribution < -0.4 is 71.2 Å². The number of aromatic nitrogens is 6. The summed E-state index contributed by atoms with van der Waals surface area (Å²) in [5.74, 6) is -6.19. The van der Waals surface area contributed by atoms with Crippen molar-refractivity contribution >= 4 is 80.6 Å². The van der Waals surface area contributed by atoms with Crippen LogP contribution in [0.4, 0.5) is 5.82 Å². The number of amides is 7. The number of primary amides is 2. The molecule has 4 aromatic rings. The molecule has 7 amide bonds. The number of anilines is 1. The number of nitrogen functional groups attached to an aromatic ring is 1. The zero-order valence-electron chi connectivity index (χ0n) is 44.9. The van der Waals surface area contributed by atoms with Crippen molar-refractivity contribution in [1.82, 2.24) is 72.4 Å². The molecule has 0 bridgehead atoms. The van der Waals surface area contributed by atoms with Crippen molar-refractivity contribution in [3.05, 3.63) is 56.8 Å². The van der Waals surface area contributed by atoms with Crippen LogP contribution in [0.2, 0.25) is 0 Å². The number of nitrogens with two attached hydrogens (primary N) is 5. The predicted octanol–water partition coefficient (Wildman–Crippen LogP) is -3.13. The second kappa shape index (κ2) is 33.9. The van der Waals surface area contributed by atoms with Gasteiger partial charge in [0.1, 0.15) is 45.8 Å². The van der Waals surface area contributed by atoms with Gasteiger partial charge in [-0.15, -0.1) is 22.7 Å². The molecular weight excluding hydrogens is 1080 g/mol. The third-order valence-corrected chi connectivity index (χ3v) is 14.9. The van der Waals surface area contributed by atoms with Crippen molar-refractivity contribution in [2.75, 3.05) is 70.1 Å². The van der Waals surface area contributed by atoms with E-state index >= 15 is 0 Å². The summed E-state index contributed by atoms with van der Waals surface area (Å²) < 4.78 is 12.1. The molecule has 0 aromatic carbocycles. The second-order valence-corrected chi connectivity index (χ2v) is 22.1. The number of rotatable bonds is 38. The van der Waals surface area contributed by atoms with Crippen LogP contribution >= 0.6 is 22.7 Å². The lowest BCUT2D eigenvalue weighted by atomic mass is 9.96. The van der Waals surface area contributed by atoms with Crippen molar-refractivity contribution < 1.29 is 42.9 Å². The smallest absolute Gasteiger partial charge is 0.271 e. The Morgan fingerprint density at radius 3 is 2.18 bits per heavy atom. The molecular formula is C48H77N19O9S3. The lowest BCUT2D eigenvalue weighted by Gasteiger charge is -2.28. The molecule has 0 saturated heterocycles. The highest BCUT2D eigenvalue weighted by atomic mass is 32.2. The monoisotopic (exact) mass is 1160 g/mol. The number of aliphatic hydroxyl groups excluding tert-OH is 1. The molecule has 0 fully saturated rings. The van der Waals surface area contributed by atoms with Gasteiger partial charge in [-0.3, -0.25) is 37.8 Å². The van der Waals surface area contributed by atoms with Gasteiger partial charge in [-0.1, -0.05) is 6.92 Å². The standard InChI is InChI=1S/C48H77N19O9S3/c1-26-38(66-42(67-40(26)52)32(20-36(51)68)59-22-30(50)41(53)70)47(75)64-33(19-29-21-56-25-60-29)46(74)61-28(3)39(69)27(2)43(71)63-31(10-18-79(4)76)44(72)58-17-9-37-62-35(24-77-37)48-65-34(23-78-48)45(73)57-16-8-15-55-13-6-5-12-54-14-7-11-49/h21,23-25,27-28,30-33,39,54-55,59,69H,5-20,22,49-50H2,1-4H3,(H2,51,68)(H2,53,70)(H,56,60)(H,57,73)(H,58,72)(H,61,74)(H,63,71)(H,64,75)(H2,52,66,67)/t27-,28+,30-,31-,32-,33-,39-,79?/m0/s1. The molecule has 1 unspecified atom stereocenters. The molecule has 20 N–H and O–H groups in total. The van der Waals surface area contributed by atoms with Gasteiger partial charge < -0.3 is 81.3 Å². The normalized spacial score (nSPS) is 14.4. The first-order valence-electron chi connectivity index (χ1n) is 25.8. The fourth-order valence-electron chi connectivity index (χ4n) is 7.58. The van der Waals surface area contributed by atoms with Gasteiger partial charge in [0.15, 0.2) is 0 Å². The molecule has 4 heterocycles. The summed E-state index contributed by atoms with van der Waals surface area (Å²) in [5.41, 5.74) is 29.4. The van der Waals surface area contributed by atoms with E-state index in [1.165, 1.54) is 62.2 Å². The lowest BCUT2D eigenvalue weighted by molar-refractivity contribution is -0.134. The van der Waals surface area contributed by atoms with Gasteiger partial charge in [0.25, 0.3) is 11.8 Å². The summed E-state index contributed by atoms with van der Waals surface area (Å²) in [7, 11) is -1.32. The summed E-state index contributed by atoms with van der Waals surface area (Å²) in [5, 5.41) is 39.4. The number of aromatic amines is 1. The third-order valence-electron chi connectivity index (χ3n) is 12.3. The largest absolute Gasteiger partial charge is 0.390 e. The summed E-state index contributed by atoms with van der Waals surface area (Å²) in [6.45, 7) is 9.07. The Bertz CT molecular complexity index is 2640. The molecule has 0 radical (unpaired) electrons. The van der Waals surface area contributed by atoms with Crippen LogP contribution in [-0.4, -0.2) is 175 Å². The Balaban J connectivity index is 1.31. The van der Waals surface area contributed by atoms with Crippen molar-refractivity contribution in [1.29, 1.82) is 0 Å². The lowest BCUT2D eigenvalue weighted by Crippen LogP contribution is -2.56. The van der Waals surface area contributed by atoms with E-state index in [0.717, 1.165) is 51.9 Å². The van der Waals surface area contributed by atoms with Gasteiger partial charge in [-0.05, 0) is 78.7 Å². The number of carbonyl (C=O) groups excluding carboxylic acids is 7. The average Bonchev–Trinajstić information content (AvgIpc) is 4.23. The predicted molar refractivity (Wildman–Crippen MR) is 300 cm³/mol. The first-order chi connectivity index (χ1) is 37.7. The SMILES string of the molecule is Cc1c(N)nc([C@H](CC(N)=O)NC[C@H](N)C(N)=O)nc1C(=O)N[C@@H](Cc1cnc[nH]1)C(=O)N[C@H](C)[C@@H](O)[C@H](C)C(=O)N[C@@H](CCS(C)=O)C(=O)NCCc1nc(-c2nc(C(=O)NCCCNCCCCNCCCN)cs2)cs1. The molecule has 0 aliphatic rings. The van der Waals surface area contributed by atoms with Crippen LogP contribution in [0.25, 0.3) is 10.7 Å². The van der Waals surface area contributed by atoms with Crippen molar-refractivity contribution in [2.24, 2.45) is 28.9 Å². The number of hydrogen-bond acceptors (Lipinski definition) is 22. The van der Waals surface area contributed by atoms with Crippen molar-refractivity contribution in [2.45, 2.75) is 108 Å². The first kappa shape index (κ1) is 65.1. The number of imidazole rings is 1. The Labute approximate surface area is 468 Å². The molecule has 0 aliphatic carbocycles. The summed E-state index contributed by atoms with van der Waals surface area (Å²) in [4.78, 5) is 116. The van der Waals surface area contributed by atoms with Crippen molar-refractivity contribution in [3.63, 3.8) is 0 Å². The van der Waals surface area contributed by atoms with Gasteiger partial charge in [0, 0.05) is 89.9 Å². The van der Waals surface area contributed by atoms with Crippen LogP contribution in [0, 0.1) is 12.8 Å². The zero-order valence-corrected chi connectivity index (χ0v) is 47.4. The summed E-state index contributed by atoms with van der Waals surface area (Å²) in [6, 6.07) is -5.77. The molecule has 0 aliphatic heterocycles. The maximum Gasteiger partial charge on any atom is 0.271 e. The van der Waals surface area contributed by atoms with Gasteiger partial charge in [-0.2, -0.15) is 0 Å². The fourth-order valence-corrected chi connectivity index (χ4v) is 9.76. The minimum atomic E-state index is -1.52. The number of thiazole rings is 2. The maximum absolute atomic E-state index is 14.0. The van der Waals surface area contributed by atoms with E-state index in [1.807, 2.05) is 5.38 Å². The maximum atomic E-state index is 14.0. The highest BCUT2D eigenvalue weighted by molar-refractivity contribution is 7.84. The minimum Gasteiger partial charge on any atom is -0.390 e. The third kappa shape index (κ3) is 22.3. The Hall–Kier alpha value is -6.45. The minimum absolute atomic E-state index is 0.0162. The number of nitrogens with one attached hydrogen (secondary N) is 9. The van der Waals surface area contributed by atoms with Crippen LogP contribution in [0.3, 0.4) is 0 Å². The molecule has 0 spiro atoms.